The van der Waals surface area contributed by atoms with E-state index in [1.54, 1.807) is 14.2 Å². The summed E-state index contributed by atoms with van der Waals surface area (Å²) in [6.07, 6.45) is 4.73. The number of hydrogen-bond acceptors (Lipinski definition) is 3. The molecule has 21 heavy (non-hydrogen) atoms. The summed E-state index contributed by atoms with van der Waals surface area (Å²) >= 11 is 0. The second-order valence-electron chi connectivity index (χ2n) is 5.27. The number of guanidine groups is 1. The van der Waals surface area contributed by atoms with Crippen molar-refractivity contribution >= 4 is 29.9 Å². The van der Waals surface area contributed by atoms with E-state index in [4.69, 9.17) is 9.47 Å². The van der Waals surface area contributed by atoms with E-state index in [1.165, 1.54) is 19.3 Å². The molecule has 0 unspecified atom stereocenters. The number of ether oxygens (including phenoxy) is 2. The summed E-state index contributed by atoms with van der Waals surface area (Å²) in [7, 11) is 3.49. The fourth-order valence-electron chi connectivity index (χ4n) is 1.73. The number of unbranched alkanes of at least 4 members (excludes halogenated alkanes) is 1. The Bertz CT molecular complexity index is 239. The molecule has 0 heterocycles. The van der Waals surface area contributed by atoms with Crippen molar-refractivity contribution in [2.24, 2.45) is 10.9 Å². The van der Waals surface area contributed by atoms with Gasteiger partial charge in [-0.2, -0.15) is 0 Å². The normalized spacial score (nSPS) is 11.4. The summed E-state index contributed by atoms with van der Waals surface area (Å²) in [5, 5.41) is 6.62. The van der Waals surface area contributed by atoms with Crippen LogP contribution in [-0.2, 0) is 9.47 Å². The third-order valence-electron chi connectivity index (χ3n) is 2.91. The van der Waals surface area contributed by atoms with Crippen molar-refractivity contribution in [1.29, 1.82) is 0 Å². The summed E-state index contributed by atoms with van der Waals surface area (Å²) in [6, 6.07) is 0. The van der Waals surface area contributed by atoms with Gasteiger partial charge in [0.15, 0.2) is 5.96 Å². The first-order chi connectivity index (χ1) is 9.70. The van der Waals surface area contributed by atoms with Crippen LogP contribution in [0.3, 0.4) is 0 Å². The zero-order valence-electron chi connectivity index (χ0n) is 14.1. The monoisotopic (exact) mass is 415 g/mol. The lowest BCUT2D eigenvalue weighted by Gasteiger charge is -2.12. The molecule has 0 spiro atoms. The molecule has 0 aliphatic rings. The van der Waals surface area contributed by atoms with Gasteiger partial charge in [0.25, 0.3) is 0 Å². The maximum atomic E-state index is 5.40. The zero-order valence-corrected chi connectivity index (χ0v) is 16.4. The van der Waals surface area contributed by atoms with E-state index < -0.39 is 0 Å². The Kier molecular flexibility index (Phi) is 19.8. The first-order valence-corrected chi connectivity index (χ1v) is 7.72. The molecule has 0 aliphatic carbocycles. The van der Waals surface area contributed by atoms with Crippen LogP contribution in [0.15, 0.2) is 4.99 Å². The maximum absolute atomic E-state index is 5.40. The van der Waals surface area contributed by atoms with Crippen LogP contribution in [0.4, 0.5) is 0 Å². The van der Waals surface area contributed by atoms with E-state index in [2.05, 4.69) is 29.5 Å². The average molecular weight is 415 g/mol. The quantitative estimate of drug-likeness (QED) is 0.223. The van der Waals surface area contributed by atoms with Gasteiger partial charge in [-0.15, -0.1) is 24.0 Å². The highest BCUT2D eigenvalue weighted by Crippen LogP contribution is 2.04. The molecule has 0 amide bonds. The van der Waals surface area contributed by atoms with Crippen LogP contribution in [0.5, 0.6) is 0 Å². The van der Waals surface area contributed by atoms with Gasteiger partial charge in [-0.05, 0) is 18.8 Å². The Balaban J connectivity index is 0. The van der Waals surface area contributed by atoms with Crippen molar-refractivity contribution in [3.8, 4) is 0 Å². The molecule has 0 aromatic carbocycles. The largest absolute Gasteiger partial charge is 0.382 e. The van der Waals surface area contributed by atoms with Gasteiger partial charge in [0.2, 0.25) is 0 Å². The number of methoxy groups -OCH3 is 1. The van der Waals surface area contributed by atoms with Crippen molar-refractivity contribution in [2.45, 2.75) is 39.5 Å². The molecule has 2 N–H and O–H groups in total. The lowest BCUT2D eigenvalue weighted by atomic mass is 10.1. The van der Waals surface area contributed by atoms with Crippen LogP contribution in [-0.4, -0.2) is 53.0 Å². The van der Waals surface area contributed by atoms with E-state index in [0.717, 1.165) is 38.0 Å². The third kappa shape index (κ3) is 17.9. The molecule has 128 valence electrons. The van der Waals surface area contributed by atoms with Crippen molar-refractivity contribution in [1.82, 2.24) is 10.6 Å². The van der Waals surface area contributed by atoms with Crippen LogP contribution in [0.1, 0.15) is 39.5 Å². The number of halogens is 1. The average Bonchev–Trinajstić information content (AvgIpc) is 2.43. The molecule has 0 aromatic rings. The smallest absolute Gasteiger partial charge is 0.190 e. The van der Waals surface area contributed by atoms with E-state index in [-0.39, 0.29) is 24.0 Å². The maximum Gasteiger partial charge on any atom is 0.190 e. The minimum atomic E-state index is 0. The van der Waals surface area contributed by atoms with Gasteiger partial charge in [-0.1, -0.05) is 26.7 Å². The first kappa shape index (κ1) is 23.2. The highest BCUT2D eigenvalue weighted by atomic mass is 127. The Morgan fingerprint density at radius 3 is 2.24 bits per heavy atom. The highest BCUT2D eigenvalue weighted by Gasteiger charge is 1.98. The Labute approximate surface area is 147 Å². The summed E-state index contributed by atoms with van der Waals surface area (Å²) < 4.78 is 10.3. The molecular formula is C15H34IN3O2. The van der Waals surface area contributed by atoms with Crippen LogP contribution in [0, 0.1) is 5.92 Å². The van der Waals surface area contributed by atoms with Crippen molar-refractivity contribution in [3.63, 3.8) is 0 Å². The number of hydrogen-bond donors (Lipinski definition) is 2. The molecule has 5 nitrogen and oxygen atoms in total. The lowest BCUT2D eigenvalue weighted by molar-refractivity contribution is 0.0698. The van der Waals surface area contributed by atoms with Crippen LogP contribution >= 0.6 is 24.0 Å². The third-order valence-corrected chi connectivity index (χ3v) is 2.91. The van der Waals surface area contributed by atoms with Gasteiger partial charge in [0, 0.05) is 33.9 Å². The van der Waals surface area contributed by atoms with Crippen molar-refractivity contribution in [3.05, 3.63) is 0 Å². The van der Waals surface area contributed by atoms with Crippen molar-refractivity contribution in [2.75, 3.05) is 47.1 Å². The van der Waals surface area contributed by atoms with Crippen LogP contribution in [0.2, 0.25) is 0 Å². The molecule has 6 heteroatoms. The van der Waals surface area contributed by atoms with Gasteiger partial charge in [0.1, 0.15) is 0 Å². The van der Waals surface area contributed by atoms with Gasteiger partial charge < -0.3 is 20.1 Å². The molecular weight excluding hydrogens is 381 g/mol. The number of nitrogens with zero attached hydrogens (tertiary/aromatic N) is 1. The summed E-state index contributed by atoms with van der Waals surface area (Å²) in [6.45, 7) is 8.47. The molecule has 0 atom stereocenters. The number of rotatable bonds is 12. The van der Waals surface area contributed by atoms with E-state index in [0.29, 0.717) is 13.2 Å². The van der Waals surface area contributed by atoms with Crippen molar-refractivity contribution < 1.29 is 9.47 Å². The van der Waals surface area contributed by atoms with E-state index >= 15 is 0 Å². The van der Waals surface area contributed by atoms with E-state index in [1.807, 2.05) is 0 Å². The lowest BCUT2D eigenvalue weighted by Crippen LogP contribution is -2.38. The predicted molar refractivity (Wildman–Crippen MR) is 101 cm³/mol. The van der Waals surface area contributed by atoms with Gasteiger partial charge in [0.05, 0.1) is 13.2 Å². The van der Waals surface area contributed by atoms with Gasteiger partial charge in [-0.3, -0.25) is 4.99 Å². The molecule has 0 aliphatic heterocycles. The Morgan fingerprint density at radius 1 is 1.00 bits per heavy atom. The van der Waals surface area contributed by atoms with Crippen LogP contribution in [0.25, 0.3) is 0 Å². The van der Waals surface area contributed by atoms with E-state index in [9.17, 15) is 0 Å². The van der Waals surface area contributed by atoms with Gasteiger partial charge in [-0.25, -0.2) is 0 Å². The predicted octanol–water partition coefficient (Wildman–Crippen LogP) is 2.65. The highest BCUT2D eigenvalue weighted by molar-refractivity contribution is 14.0. The summed E-state index contributed by atoms with van der Waals surface area (Å²) in [4.78, 5) is 4.20. The molecule has 0 bridgehead atoms. The fourth-order valence-corrected chi connectivity index (χ4v) is 1.73. The Hall–Kier alpha value is -0.0800. The fraction of sp³-hybridized carbons (Fsp3) is 0.933. The molecule has 0 fully saturated rings. The minimum Gasteiger partial charge on any atom is -0.382 e. The Morgan fingerprint density at radius 2 is 1.67 bits per heavy atom. The SMILES string of the molecule is CN=C(NCCCCC(C)C)NCCCOCCOC.I. The standard InChI is InChI=1S/C15H33N3O2.HI/c1-14(2)8-5-6-9-17-15(16-3)18-10-7-11-20-13-12-19-4;/h14H,5-13H2,1-4H3,(H2,16,17,18);1H. The topological polar surface area (TPSA) is 54.9 Å². The molecule has 0 rings (SSSR count). The van der Waals surface area contributed by atoms with Gasteiger partial charge >= 0.3 is 0 Å². The minimum absolute atomic E-state index is 0. The molecule has 0 aromatic heterocycles. The first-order valence-electron chi connectivity index (χ1n) is 7.72. The van der Waals surface area contributed by atoms with Crippen LogP contribution < -0.4 is 10.6 Å². The second kappa shape index (κ2) is 18.0. The molecule has 0 radical (unpaired) electrons. The number of aliphatic imine (C=N–C) groups is 1. The summed E-state index contributed by atoms with van der Waals surface area (Å²) in [5.41, 5.74) is 0. The molecule has 0 saturated heterocycles. The molecule has 0 saturated carbocycles. The second-order valence-corrected chi connectivity index (χ2v) is 5.27. The summed E-state index contributed by atoms with van der Waals surface area (Å²) in [5.74, 6) is 1.68. The number of nitrogens with one attached hydrogen (secondary N) is 2. The zero-order chi connectivity index (χ0) is 15.1.